The molecule has 2 unspecified atom stereocenters. The van der Waals surface area contributed by atoms with Gasteiger partial charge in [-0.15, -0.1) is 0 Å². The van der Waals surface area contributed by atoms with Crippen molar-refractivity contribution in [3.63, 3.8) is 0 Å². The van der Waals surface area contributed by atoms with E-state index in [0.29, 0.717) is 47.6 Å². The number of rotatable bonds is 7. The lowest BCUT2D eigenvalue weighted by Gasteiger charge is -2.34. The number of aryl methyl sites for hydroxylation is 1. The molecule has 11 heteroatoms. The number of phenols is 1. The monoisotopic (exact) mass is 631 g/mol. The van der Waals surface area contributed by atoms with Crippen LogP contribution in [0.2, 0.25) is 0 Å². The highest BCUT2D eigenvalue weighted by atomic mass is 19.2. The van der Waals surface area contributed by atoms with Crippen LogP contribution in [0.15, 0.2) is 30.3 Å². The molecule has 4 atom stereocenters. The lowest BCUT2D eigenvalue weighted by Crippen LogP contribution is -2.51. The number of likely N-dealkylation sites (tertiary alicyclic amines) is 1. The number of nitrogens with zero attached hydrogens (tertiary/aromatic N) is 4. The number of aromatic nitrogens is 2. The van der Waals surface area contributed by atoms with Gasteiger partial charge >= 0.3 is 6.01 Å². The zero-order valence-electron chi connectivity index (χ0n) is 25.7. The molecule has 1 aromatic heterocycles. The van der Waals surface area contributed by atoms with Crippen LogP contribution in [0, 0.1) is 29.8 Å². The summed E-state index contributed by atoms with van der Waals surface area (Å²) < 4.78 is 58.8. The van der Waals surface area contributed by atoms with Crippen molar-refractivity contribution < 1.29 is 27.8 Å². The third-order valence-corrected chi connectivity index (χ3v) is 10.9. The summed E-state index contributed by atoms with van der Waals surface area (Å²) in [6.07, 6.45) is 5.67. The molecule has 8 nitrogen and oxygen atoms in total. The maximum absolute atomic E-state index is 17.0. The predicted molar refractivity (Wildman–Crippen MR) is 168 cm³/mol. The minimum absolute atomic E-state index is 0.0101. The minimum Gasteiger partial charge on any atom is -0.508 e. The zero-order valence-corrected chi connectivity index (χ0v) is 25.7. The summed E-state index contributed by atoms with van der Waals surface area (Å²) in [4.78, 5) is 14.3. The van der Waals surface area contributed by atoms with Crippen LogP contribution in [0.1, 0.15) is 37.7 Å². The number of benzene rings is 3. The number of nitrogens with one attached hydrogen (secondary N) is 1. The maximum Gasteiger partial charge on any atom is 0.319 e. The molecule has 5 aliphatic rings. The van der Waals surface area contributed by atoms with E-state index in [1.807, 2.05) is 6.07 Å². The fraction of sp³-hybridized carbons (Fsp3) is 0.486. The molecule has 1 aliphatic carbocycles. The van der Waals surface area contributed by atoms with Crippen LogP contribution in [-0.4, -0.2) is 83.6 Å². The van der Waals surface area contributed by atoms with Gasteiger partial charge in [-0.3, -0.25) is 4.90 Å². The van der Waals surface area contributed by atoms with Gasteiger partial charge in [-0.1, -0.05) is 6.07 Å². The first-order valence-electron chi connectivity index (χ1n) is 16.3. The number of aromatic hydroxyl groups is 1. The number of piperazine rings is 1. The molecule has 4 bridgehead atoms. The molecule has 5 heterocycles. The molecule has 5 fully saturated rings. The summed E-state index contributed by atoms with van der Waals surface area (Å²) >= 11 is 0. The topological polar surface area (TPSA) is 83.0 Å². The molecule has 0 radical (unpaired) electrons. The van der Waals surface area contributed by atoms with Crippen LogP contribution in [0.3, 0.4) is 0 Å². The second-order valence-electron chi connectivity index (χ2n) is 14.2. The molecule has 1 saturated carbocycles. The Hall–Kier alpha value is -3.67. The van der Waals surface area contributed by atoms with Gasteiger partial charge in [0, 0.05) is 66.1 Å². The highest BCUT2D eigenvalue weighted by molar-refractivity contribution is 6.02. The van der Waals surface area contributed by atoms with E-state index in [0.717, 1.165) is 71.0 Å². The molecule has 4 saturated heterocycles. The second-order valence-corrected chi connectivity index (χ2v) is 14.2. The molecule has 4 aliphatic heterocycles. The van der Waals surface area contributed by atoms with Gasteiger partial charge in [-0.25, -0.2) is 13.2 Å². The van der Waals surface area contributed by atoms with Crippen molar-refractivity contribution in [3.8, 4) is 22.9 Å². The average molecular weight is 632 g/mol. The Morgan fingerprint density at radius 3 is 2.57 bits per heavy atom. The van der Waals surface area contributed by atoms with E-state index in [1.165, 1.54) is 18.2 Å². The van der Waals surface area contributed by atoms with Gasteiger partial charge in [0.15, 0.2) is 17.5 Å². The molecule has 9 rings (SSSR count). The molecule has 2 N–H and O–H groups in total. The molecule has 3 aromatic carbocycles. The van der Waals surface area contributed by atoms with Gasteiger partial charge < -0.3 is 24.8 Å². The Morgan fingerprint density at radius 1 is 1.04 bits per heavy atom. The van der Waals surface area contributed by atoms with Crippen molar-refractivity contribution in [3.05, 3.63) is 53.3 Å². The fourth-order valence-corrected chi connectivity index (χ4v) is 8.35. The third-order valence-electron chi connectivity index (χ3n) is 10.9. The number of hydrogen-bond donors (Lipinski definition) is 2. The normalized spacial score (nSPS) is 26.5. The van der Waals surface area contributed by atoms with Crippen molar-refractivity contribution in [1.29, 1.82) is 0 Å². The number of halogens is 3. The van der Waals surface area contributed by atoms with Gasteiger partial charge in [0.1, 0.15) is 17.1 Å². The van der Waals surface area contributed by atoms with Crippen molar-refractivity contribution in [1.82, 2.24) is 20.2 Å². The number of ether oxygens (including phenoxy) is 2. The van der Waals surface area contributed by atoms with Crippen LogP contribution >= 0.6 is 0 Å². The van der Waals surface area contributed by atoms with E-state index in [-0.39, 0.29) is 44.6 Å². The van der Waals surface area contributed by atoms with E-state index < -0.39 is 17.5 Å². The van der Waals surface area contributed by atoms with E-state index in [2.05, 4.69) is 20.1 Å². The highest BCUT2D eigenvalue weighted by Gasteiger charge is 2.49. The summed E-state index contributed by atoms with van der Waals surface area (Å²) in [5.74, 6) is -2.39. The predicted octanol–water partition coefficient (Wildman–Crippen LogP) is 5.45. The molecule has 46 heavy (non-hydrogen) atoms. The molecule has 0 amide bonds. The molecule has 0 spiro atoms. The summed E-state index contributed by atoms with van der Waals surface area (Å²) in [5, 5.41) is 14.9. The fourth-order valence-electron chi connectivity index (χ4n) is 8.35. The van der Waals surface area contributed by atoms with Crippen molar-refractivity contribution in [2.24, 2.45) is 5.41 Å². The summed E-state index contributed by atoms with van der Waals surface area (Å²) in [6, 6.07) is 8.05. The molecule has 4 aromatic rings. The van der Waals surface area contributed by atoms with Crippen LogP contribution < -0.4 is 15.0 Å². The Labute approximate surface area is 264 Å². The van der Waals surface area contributed by atoms with Gasteiger partial charge in [-0.2, -0.15) is 9.97 Å². The molecular weight excluding hydrogens is 595 g/mol. The van der Waals surface area contributed by atoms with Gasteiger partial charge in [0.05, 0.1) is 19.3 Å². The largest absolute Gasteiger partial charge is 0.508 e. The Kier molecular flexibility index (Phi) is 6.46. The number of phenolic OH excluding ortho intramolecular Hbond substituents is 1. The Bertz CT molecular complexity index is 1890. The second kappa shape index (κ2) is 10.4. The quantitative estimate of drug-likeness (QED) is 0.279. The van der Waals surface area contributed by atoms with Crippen molar-refractivity contribution >= 4 is 27.5 Å². The lowest BCUT2D eigenvalue weighted by molar-refractivity contribution is 0.0176. The summed E-state index contributed by atoms with van der Waals surface area (Å²) in [5.41, 5.74) is 0.680. The summed E-state index contributed by atoms with van der Waals surface area (Å²) in [7, 11) is 0. The first-order valence-corrected chi connectivity index (χ1v) is 16.3. The first-order chi connectivity index (χ1) is 22.2. The number of hydrogen-bond acceptors (Lipinski definition) is 8. The van der Waals surface area contributed by atoms with Gasteiger partial charge in [-0.05, 0) is 79.8 Å². The van der Waals surface area contributed by atoms with Gasteiger partial charge in [0.2, 0.25) is 0 Å². The van der Waals surface area contributed by atoms with Crippen molar-refractivity contribution in [2.45, 2.75) is 63.3 Å². The number of fused-ring (bicyclic) bond motifs is 6. The SMILES string of the molecule is Cc1cc2c(N3CC4CCC(C3)N4)nc(OCC3(CN4C[C@@H]5C[C@H]4CO5)CC3)nc2c(F)c1-c1cc(O)cc2ccc(F)c(F)c12. The number of morpholine rings is 1. The minimum atomic E-state index is -1.09. The Balaban J connectivity index is 1.14. The van der Waals surface area contributed by atoms with E-state index in [1.54, 1.807) is 6.92 Å². The smallest absolute Gasteiger partial charge is 0.319 e. The maximum atomic E-state index is 17.0. The highest BCUT2D eigenvalue weighted by Crippen LogP contribution is 2.48. The molecular formula is C35H36F3N5O3. The summed E-state index contributed by atoms with van der Waals surface area (Å²) in [6.45, 7) is 6.30. The number of anilines is 1. The first kappa shape index (κ1) is 28.5. The van der Waals surface area contributed by atoms with Gasteiger partial charge in [0.25, 0.3) is 0 Å². The standard InChI is InChI=1S/C35H36F3N5O3/c1-18-8-26-32(31(38)28(18)25-11-23(44)9-19-2-5-27(36)30(37)29(19)25)40-34(41-33(26)42-12-20-3-4-21(13-42)39-20)46-17-35(6-7-35)16-43-14-24-10-22(43)15-45-24/h2,5,8-9,11,20-22,24,39,44H,3-4,6-7,10,12-17H2,1H3/t20?,21?,22-,24-/m0/s1. The lowest BCUT2D eigenvalue weighted by atomic mass is 9.92. The molecule has 240 valence electrons. The van der Waals surface area contributed by atoms with Crippen LogP contribution in [0.25, 0.3) is 32.8 Å². The van der Waals surface area contributed by atoms with E-state index in [9.17, 15) is 9.50 Å². The van der Waals surface area contributed by atoms with Crippen LogP contribution in [-0.2, 0) is 4.74 Å². The van der Waals surface area contributed by atoms with Crippen molar-refractivity contribution in [2.75, 3.05) is 44.3 Å². The van der Waals surface area contributed by atoms with E-state index in [4.69, 9.17) is 14.5 Å². The van der Waals surface area contributed by atoms with E-state index >= 15 is 8.78 Å². The van der Waals surface area contributed by atoms with Crippen LogP contribution in [0.5, 0.6) is 11.8 Å². The zero-order chi connectivity index (χ0) is 31.3. The average Bonchev–Trinajstić information content (AvgIpc) is 3.29. The third kappa shape index (κ3) is 4.69. The Morgan fingerprint density at radius 2 is 1.85 bits per heavy atom. The van der Waals surface area contributed by atoms with Crippen LogP contribution in [0.4, 0.5) is 19.0 Å².